The molecule has 0 bridgehead atoms. The van der Waals surface area contributed by atoms with E-state index in [0.717, 1.165) is 19.4 Å². The van der Waals surface area contributed by atoms with E-state index in [9.17, 15) is 24.0 Å². The van der Waals surface area contributed by atoms with Crippen LogP contribution in [0.5, 0.6) is 0 Å². The van der Waals surface area contributed by atoms with Gasteiger partial charge in [-0.1, -0.05) is 27.7 Å². The molecule has 2 saturated heterocycles. The Morgan fingerprint density at radius 3 is 1.97 bits per heavy atom. The number of aliphatic hydroxyl groups is 1. The first-order valence-corrected chi connectivity index (χ1v) is 15.3. The van der Waals surface area contributed by atoms with Gasteiger partial charge in [0.2, 0.25) is 0 Å². The summed E-state index contributed by atoms with van der Waals surface area (Å²) in [7, 11) is -8.80. The Balaban J connectivity index is 1.26. The monoisotopic (exact) mass is 544 g/mol. The number of phosphoric ester groups is 2. The van der Waals surface area contributed by atoms with Gasteiger partial charge >= 0.3 is 15.6 Å². The predicted octanol–water partition coefficient (Wildman–Crippen LogP) is 0.0699. The molecule has 3 fully saturated rings. The first-order chi connectivity index (χ1) is 16.3. The average Bonchev–Trinajstić information content (AvgIpc) is 3.12. The van der Waals surface area contributed by atoms with Gasteiger partial charge < -0.3 is 36.2 Å². The quantitative estimate of drug-likeness (QED) is 0.130. The van der Waals surface area contributed by atoms with Crippen LogP contribution in [0.3, 0.4) is 0 Å². The van der Waals surface area contributed by atoms with Gasteiger partial charge in [0.05, 0.1) is 26.4 Å². The van der Waals surface area contributed by atoms with Gasteiger partial charge in [-0.15, -0.1) is 0 Å². The van der Waals surface area contributed by atoms with Gasteiger partial charge in [-0.2, -0.15) is 0 Å². The first kappa shape index (κ1) is 29.6. The summed E-state index contributed by atoms with van der Waals surface area (Å²) in [5, 5.41) is 23.4. The first-order valence-electron chi connectivity index (χ1n) is 12.3. The fraction of sp³-hybridized carbons (Fsp3) is 1.00. The SMILES string of the molecule is CC(C)NC1C2N[C@H](COP(=O)(O)OCC(O)COP(=O)(O)OCC3C[C@@H](NC(C)C)CN3)C[C@H]12. The van der Waals surface area contributed by atoms with Crippen molar-refractivity contribution in [3.63, 3.8) is 0 Å². The van der Waals surface area contributed by atoms with Crippen molar-refractivity contribution in [3.05, 3.63) is 0 Å². The lowest BCUT2D eigenvalue weighted by Crippen LogP contribution is -2.39. The van der Waals surface area contributed by atoms with E-state index >= 15 is 0 Å². The fourth-order valence-corrected chi connectivity index (χ4v) is 6.29. The van der Waals surface area contributed by atoms with E-state index < -0.39 is 35.0 Å². The van der Waals surface area contributed by atoms with Gasteiger partial charge in [-0.05, 0) is 18.8 Å². The minimum atomic E-state index is -4.41. The minimum Gasteiger partial charge on any atom is -0.388 e. The number of hydrogen-bond donors (Lipinski definition) is 7. The van der Waals surface area contributed by atoms with E-state index in [2.05, 4.69) is 35.1 Å². The largest absolute Gasteiger partial charge is 0.472 e. The van der Waals surface area contributed by atoms with E-state index in [1.807, 2.05) is 13.8 Å². The standard InChI is InChI=1S/C20H42N4O9P2/c1-12(2)22-14-5-15(21-7-14)8-30-34(26,27)32-10-17(25)11-33-35(28,29)31-9-16-6-18-19(20(18)24-16)23-13(3)4/h12-25H,5-11H2,1-4H3,(H,26,27)(H,28,29)/t14-,15?,16+,17?,18-,19?,20?/m1/s1. The lowest BCUT2D eigenvalue weighted by molar-refractivity contribution is 0.0282. The molecule has 3 aliphatic rings. The molecule has 0 radical (unpaired) electrons. The van der Waals surface area contributed by atoms with Gasteiger partial charge in [0.25, 0.3) is 0 Å². The fourth-order valence-electron chi connectivity index (χ4n) is 4.69. The van der Waals surface area contributed by atoms with Crippen LogP contribution in [0.4, 0.5) is 0 Å². The van der Waals surface area contributed by atoms with Crippen molar-refractivity contribution >= 4 is 15.6 Å². The average molecular weight is 545 g/mol. The molecular formula is C20H42N4O9P2. The zero-order chi connectivity index (χ0) is 25.8. The predicted molar refractivity (Wildman–Crippen MR) is 129 cm³/mol. The molecule has 35 heavy (non-hydrogen) atoms. The zero-order valence-electron chi connectivity index (χ0n) is 20.8. The molecule has 206 valence electrons. The van der Waals surface area contributed by atoms with Gasteiger partial charge in [0, 0.05) is 48.8 Å². The maximum atomic E-state index is 12.1. The molecule has 0 spiro atoms. The van der Waals surface area contributed by atoms with E-state index in [0.29, 0.717) is 30.1 Å². The van der Waals surface area contributed by atoms with E-state index in [-0.39, 0.29) is 31.3 Å². The Morgan fingerprint density at radius 2 is 1.46 bits per heavy atom. The molecule has 7 N–H and O–H groups in total. The van der Waals surface area contributed by atoms with Crippen molar-refractivity contribution in [3.8, 4) is 0 Å². The summed E-state index contributed by atoms with van der Waals surface area (Å²) in [6.45, 7) is 7.77. The second kappa shape index (κ2) is 12.7. The molecular weight excluding hydrogens is 502 g/mol. The van der Waals surface area contributed by atoms with E-state index in [1.54, 1.807) is 0 Å². The van der Waals surface area contributed by atoms with Gasteiger partial charge in [-0.25, -0.2) is 9.13 Å². The van der Waals surface area contributed by atoms with Gasteiger partial charge in [0.1, 0.15) is 6.10 Å². The minimum absolute atomic E-state index is 0.00417. The smallest absolute Gasteiger partial charge is 0.388 e. The lowest BCUT2D eigenvalue weighted by Gasteiger charge is -2.20. The van der Waals surface area contributed by atoms with E-state index in [1.165, 1.54) is 0 Å². The molecule has 13 nitrogen and oxygen atoms in total. The zero-order valence-corrected chi connectivity index (χ0v) is 22.6. The lowest BCUT2D eigenvalue weighted by atomic mass is 10.1. The summed E-state index contributed by atoms with van der Waals surface area (Å²) in [5.74, 6) is 0.489. The highest BCUT2D eigenvalue weighted by Crippen LogP contribution is 2.47. The van der Waals surface area contributed by atoms with Crippen LogP contribution in [-0.2, 0) is 27.2 Å². The molecule has 0 amide bonds. The third-order valence-corrected chi connectivity index (χ3v) is 8.11. The van der Waals surface area contributed by atoms with Crippen molar-refractivity contribution in [1.29, 1.82) is 0 Å². The molecule has 2 aliphatic heterocycles. The molecule has 0 aromatic carbocycles. The third kappa shape index (κ3) is 10.0. The molecule has 1 aliphatic carbocycles. The van der Waals surface area contributed by atoms with Crippen LogP contribution in [0, 0.1) is 5.92 Å². The summed E-state index contributed by atoms with van der Waals surface area (Å²) in [4.78, 5) is 19.7. The summed E-state index contributed by atoms with van der Waals surface area (Å²) in [6.07, 6.45) is 0.156. The number of nitrogens with one attached hydrogen (secondary N) is 4. The van der Waals surface area contributed by atoms with Crippen molar-refractivity contribution in [2.75, 3.05) is 33.0 Å². The molecule has 0 aromatic heterocycles. The highest BCUT2D eigenvalue weighted by atomic mass is 31.2. The summed E-state index contributed by atoms with van der Waals surface area (Å²) >= 11 is 0. The van der Waals surface area contributed by atoms with Crippen molar-refractivity contribution < 1.29 is 42.1 Å². The van der Waals surface area contributed by atoms with Crippen molar-refractivity contribution in [1.82, 2.24) is 21.3 Å². The maximum absolute atomic E-state index is 12.1. The molecule has 1 saturated carbocycles. The van der Waals surface area contributed by atoms with Gasteiger partial charge in [-0.3, -0.25) is 18.1 Å². The summed E-state index contributed by atoms with van der Waals surface area (Å²) in [5.41, 5.74) is 0. The second-order valence-corrected chi connectivity index (χ2v) is 13.2. The highest BCUT2D eigenvalue weighted by molar-refractivity contribution is 7.47. The summed E-state index contributed by atoms with van der Waals surface area (Å²) in [6, 6.07) is 1.63. The molecule has 3 rings (SSSR count). The summed E-state index contributed by atoms with van der Waals surface area (Å²) < 4.78 is 43.8. The van der Waals surface area contributed by atoms with Crippen LogP contribution < -0.4 is 21.3 Å². The Labute approximate surface area is 207 Å². The third-order valence-electron chi connectivity index (χ3n) is 6.21. The normalized spacial score (nSPS) is 34.7. The number of fused-ring (bicyclic) bond motifs is 1. The second-order valence-electron chi connectivity index (χ2n) is 10.3. The van der Waals surface area contributed by atoms with E-state index in [4.69, 9.17) is 18.1 Å². The Kier molecular flexibility index (Phi) is 10.7. The number of phosphoric acid groups is 2. The van der Waals surface area contributed by atoms with Crippen LogP contribution in [0.25, 0.3) is 0 Å². The van der Waals surface area contributed by atoms with Crippen molar-refractivity contribution in [2.45, 2.75) is 88.9 Å². The number of hydrogen-bond acceptors (Lipinski definition) is 11. The molecule has 15 heteroatoms. The molecule has 6 unspecified atom stereocenters. The Bertz CT molecular complexity index is 765. The van der Waals surface area contributed by atoms with Crippen LogP contribution in [0.1, 0.15) is 40.5 Å². The van der Waals surface area contributed by atoms with Gasteiger partial charge in [0.15, 0.2) is 0 Å². The van der Waals surface area contributed by atoms with Crippen LogP contribution in [0.15, 0.2) is 0 Å². The Hall–Kier alpha value is 0.0200. The number of piperidine rings is 1. The van der Waals surface area contributed by atoms with Crippen LogP contribution >= 0.6 is 15.6 Å². The number of rotatable bonds is 16. The maximum Gasteiger partial charge on any atom is 0.472 e. The molecule has 9 atom stereocenters. The van der Waals surface area contributed by atoms with Crippen LogP contribution in [0.2, 0.25) is 0 Å². The highest BCUT2D eigenvalue weighted by Gasteiger charge is 2.56. The van der Waals surface area contributed by atoms with Crippen LogP contribution in [-0.4, -0.2) is 96.3 Å². The topological polar surface area (TPSA) is 180 Å². The number of aliphatic hydroxyl groups excluding tert-OH is 1. The molecule has 2 heterocycles. The van der Waals surface area contributed by atoms with Crippen molar-refractivity contribution in [2.24, 2.45) is 5.92 Å². The molecule has 0 aromatic rings. The Morgan fingerprint density at radius 1 is 0.886 bits per heavy atom.